The second kappa shape index (κ2) is 4.77. The Morgan fingerprint density at radius 1 is 1.69 bits per heavy atom. The Hall–Kier alpha value is -1.16. The molecule has 0 saturated carbocycles. The number of rotatable bonds is 5. The maximum absolute atomic E-state index is 4.15. The summed E-state index contributed by atoms with van der Waals surface area (Å²) in [7, 11) is 1.86. The minimum absolute atomic E-state index is 0.708. The topological polar surface area (TPSA) is 42.7 Å². The molecule has 0 amide bonds. The molecular formula is C9H16N4. The summed E-state index contributed by atoms with van der Waals surface area (Å²) in [4.78, 5) is 4.10. The van der Waals surface area contributed by atoms with E-state index in [2.05, 4.69) is 28.9 Å². The van der Waals surface area contributed by atoms with Crippen molar-refractivity contribution in [1.29, 1.82) is 0 Å². The molecular weight excluding hydrogens is 164 g/mol. The van der Waals surface area contributed by atoms with Crippen molar-refractivity contribution in [3.8, 4) is 0 Å². The Kier molecular flexibility index (Phi) is 3.64. The van der Waals surface area contributed by atoms with E-state index in [1.807, 2.05) is 7.05 Å². The number of nitrogens with one attached hydrogen (secondary N) is 1. The molecule has 1 aromatic heterocycles. The monoisotopic (exact) mass is 180 g/mol. The molecule has 0 saturated heterocycles. The highest BCUT2D eigenvalue weighted by Crippen LogP contribution is 1.94. The molecule has 0 bridgehead atoms. The van der Waals surface area contributed by atoms with E-state index >= 15 is 0 Å². The fraction of sp³-hybridized carbons (Fsp3) is 0.556. The minimum Gasteiger partial charge on any atom is -0.306 e. The summed E-state index contributed by atoms with van der Waals surface area (Å²) in [6.45, 7) is 7.55. The molecule has 0 aliphatic carbocycles. The molecule has 0 aromatic carbocycles. The van der Waals surface area contributed by atoms with Gasteiger partial charge in [-0.05, 0) is 6.42 Å². The molecule has 1 rings (SSSR count). The molecule has 1 heterocycles. The smallest absolute Gasteiger partial charge is 0.164 e. The maximum Gasteiger partial charge on any atom is 0.164 e. The van der Waals surface area contributed by atoms with Crippen LogP contribution in [0.1, 0.15) is 19.2 Å². The fourth-order valence-electron chi connectivity index (χ4n) is 0.941. The molecule has 0 atom stereocenters. The number of nitrogens with zero attached hydrogens (tertiary/aromatic N) is 3. The standard InChI is InChI=1S/C9H16N4/c1-4-8(2)5-10-6-9-11-7-13(3)12-9/h7,10H,2,4-6H2,1,3H3. The van der Waals surface area contributed by atoms with Crippen LogP contribution in [0, 0.1) is 0 Å². The first kappa shape index (κ1) is 9.92. The Balaban J connectivity index is 2.24. The second-order valence-electron chi connectivity index (χ2n) is 3.04. The highest BCUT2D eigenvalue weighted by molar-refractivity contribution is 4.95. The second-order valence-corrected chi connectivity index (χ2v) is 3.04. The molecule has 0 aliphatic heterocycles. The third-order valence-corrected chi connectivity index (χ3v) is 1.81. The van der Waals surface area contributed by atoms with Crippen LogP contribution in [-0.4, -0.2) is 21.3 Å². The van der Waals surface area contributed by atoms with Gasteiger partial charge in [0.15, 0.2) is 5.82 Å². The zero-order valence-electron chi connectivity index (χ0n) is 8.25. The van der Waals surface area contributed by atoms with Gasteiger partial charge in [-0.3, -0.25) is 4.68 Å². The van der Waals surface area contributed by atoms with Crippen LogP contribution in [0.25, 0.3) is 0 Å². The molecule has 0 fully saturated rings. The lowest BCUT2D eigenvalue weighted by atomic mass is 10.2. The summed E-state index contributed by atoms with van der Waals surface area (Å²) in [5.41, 5.74) is 1.20. The van der Waals surface area contributed by atoms with E-state index in [-0.39, 0.29) is 0 Å². The van der Waals surface area contributed by atoms with Crippen LogP contribution in [0.15, 0.2) is 18.5 Å². The Labute approximate surface area is 78.7 Å². The van der Waals surface area contributed by atoms with Crippen LogP contribution in [0.2, 0.25) is 0 Å². The summed E-state index contributed by atoms with van der Waals surface area (Å²) in [5.74, 6) is 0.825. The van der Waals surface area contributed by atoms with E-state index in [9.17, 15) is 0 Å². The average Bonchev–Trinajstić information content (AvgIpc) is 2.51. The molecule has 13 heavy (non-hydrogen) atoms. The lowest BCUT2D eigenvalue weighted by Gasteiger charge is -2.02. The predicted molar refractivity (Wildman–Crippen MR) is 52.1 cm³/mol. The zero-order chi connectivity index (χ0) is 9.68. The van der Waals surface area contributed by atoms with Crippen molar-refractivity contribution in [2.75, 3.05) is 6.54 Å². The van der Waals surface area contributed by atoms with Crippen molar-refractivity contribution in [2.24, 2.45) is 7.05 Å². The van der Waals surface area contributed by atoms with E-state index in [0.717, 1.165) is 18.8 Å². The summed E-state index contributed by atoms with van der Waals surface area (Å²) in [6, 6.07) is 0. The van der Waals surface area contributed by atoms with Gasteiger partial charge in [0.1, 0.15) is 6.33 Å². The van der Waals surface area contributed by atoms with Gasteiger partial charge in [-0.25, -0.2) is 4.98 Å². The fourth-order valence-corrected chi connectivity index (χ4v) is 0.941. The minimum atomic E-state index is 0.708. The summed E-state index contributed by atoms with van der Waals surface area (Å²) < 4.78 is 1.70. The summed E-state index contributed by atoms with van der Waals surface area (Å²) in [6.07, 6.45) is 2.72. The molecule has 0 aliphatic rings. The number of hydrogen-bond acceptors (Lipinski definition) is 3. The summed E-state index contributed by atoms with van der Waals surface area (Å²) in [5, 5.41) is 7.37. The van der Waals surface area contributed by atoms with Crippen LogP contribution >= 0.6 is 0 Å². The Morgan fingerprint density at radius 2 is 2.46 bits per heavy atom. The van der Waals surface area contributed by atoms with Gasteiger partial charge in [-0.2, -0.15) is 5.10 Å². The quantitative estimate of drug-likeness (QED) is 0.684. The first-order valence-electron chi connectivity index (χ1n) is 4.44. The predicted octanol–water partition coefficient (Wildman–Crippen LogP) is 0.871. The third-order valence-electron chi connectivity index (χ3n) is 1.81. The lowest BCUT2D eigenvalue weighted by Crippen LogP contribution is -2.17. The maximum atomic E-state index is 4.15. The molecule has 1 N–H and O–H groups in total. The van der Waals surface area contributed by atoms with Crippen molar-refractivity contribution in [3.05, 3.63) is 24.3 Å². The van der Waals surface area contributed by atoms with E-state index in [1.165, 1.54) is 5.57 Å². The van der Waals surface area contributed by atoms with Crippen molar-refractivity contribution < 1.29 is 0 Å². The van der Waals surface area contributed by atoms with Gasteiger partial charge in [-0.15, -0.1) is 0 Å². The molecule has 0 radical (unpaired) electrons. The van der Waals surface area contributed by atoms with Gasteiger partial charge in [0.25, 0.3) is 0 Å². The normalized spacial score (nSPS) is 10.3. The van der Waals surface area contributed by atoms with Crippen molar-refractivity contribution in [1.82, 2.24) is 20.1 Å². The van der Waals surface area contributed by atoms with Crippen LogP contribution in [-0.2, 0) is 13.6 Å². The van der Waals surface area contributed by atoms with E-state index in [1.54, 1.807) is 11.0 Å². The zero-order valence-corrected chi connectivity index (χ0v) is 8.25. The summed E-state index contributed by atoms with van der Waals surface area (Å²) >= 11 is 0. The molecule has 0 spiro atoms. The number of aryl methyl sites for hydroxylation is 1. The third kappa shape index (κ3) is 3.38. The largest absolute Gasteiger partial charge is 0.306 e. The van der Waals surface area contributed by atoms with Crippen molar-refractivity contribution in [3.63, 3.8) is 0 Å². The van der Waals surface area contributed by atoms with Crippen LogP contribution in [0.4, 0.5) is 0 Å². The average molecular weight is 180 g/mol. The molecule has 4 nitrogen and oxygen atoms in total. The van der Waals surface area contributed by atoms with E-state index < -0.39 is 0 Å². The van der Waals surface area contributed by atoms with Gasteiger partial charge >= 0.3 is 0 Å². The van der Waals surface area contributed by atoms with Crippen LogP contribution in [0.5, 0.6) is 0 Å². The molecule has 72 valence electrons. The molecule has 0 unspecified atom stereocenters. The highest BCUT2D eigenvalue weighted by Gasteiger charge is 1.97. The molecule has 1 aromatic rings. The van der Waals surface area contributed by atoms with E-state index in [4.69, 9.17) is 0 Å². The van der Waals surface area contributed by atoms with Crippen molar-refractivity contribution in [2.45, 2.75) is 19.9 Å². The first-order valence-corrected chi connectivity index (χ1v) is 4.44. The van der Waals surface area contributed by atoms with Crippen LogP contribution in [0.3, 0.4) is 0 Å². The molecule has 4 heteroatoms. The Morgan fingerprint density at radius 3 is 3.00 bits per heavy atom. The number of aromatic nitrogens is 3. The van der Waals surface area contributed by atoms with Gasteiger partial charge in [0.05, 0.1) is 6.54 Å². The van der Waals surface area contributed by atoms with Gasteiger partial charge in [0.2, 0.25) is 0 Å². The lowest BCUT2D eigenvalue weighted by molar-refractivity contribution is 0.672. The van der Waals surface area contributed by atoms with Gasteiger partial charge < -0.3 is 5.32 Å². The van der Waals surface area contributed by atoms with Gasteiger partial charge in [0, 0.05) is 13.6 Å². The number of hydrogen-bond donors (Lipinski definition) is 1. The van der Waals surface area contributed by atoms with Gasteiger partial charge in [-0.1, -0.05) is 19.1 Å². The van der Waals surface area contributed by atoms with E-state index in [0.29, 0.717) is 6.54 Å². The van der Waals surface area contributed by atoms with Crippen LogP contribution < -0.4 is 5.32 Å². The van der Waals surface area contributed by atoms with Crippen molar-refractivity contribution >= 4 is 0 Å². The Bertz CT molecular complexity index is 277. The first-order chi connectivity index (χ1) is 6.22. The highest BCUT2D eigenvalue weighted by atomic mass is 15.3. The SMILES string of the molecule is C=C(CC)CNCc1ncn(C)n1.